The van der Waals surface area contributed by atoms with Crippen molar-refractivity contribution in [3.8, 4) is 0 Å². The van der Waals surface area contributed by atoms with Gasteiger partial charge in [0.2, 0.25) is 5.72 Å². The van der Waals surface area contributed by atoms with Crippen molar-refractivity contribution in [2.75, 3.05) is 30.4 Å². The van der Waals surface area contributed by atoms with E-state index in [-0.39, 0.29) is 23.9 Å². The summed E-state index contributed by atoms with van der Waals surface area (Å²) in [6, 6.07) is 16.8. The predicted molar refractivity (Wildman–Crippen MR) is 171 cm³/mol. The van der Waals surface area contributed by atoms with Gasteiger partial charge in [0, 0.05) is 44.6 Å². The summed E-state index contributed by atoms with van der Waals surface area (Å²) in [7, 11) is 1.75. The molecule has 2 aromatic heterocycles. The highest BCUT2D eigenvalue weighted by molar-refractivity contribution is 5.93. The van der Waals surface area contributed by atoms with Gasteiger partial charge in [-0.05, 0) is 81.5 Å². The van der Waals surface area contributed by atoms with Crippen LogP contribution in [0.5, 0.6) is 0 Å². The zero-order valence-corrected chi connectivity index (χ0v) is 26.3. The maximum absolute atomic E-state index is 14.3. The van der Waals surface area contributed by atoms with E-state index in [0.717, 1.165) is 11.1 Å². The maximum Gasteiger partial charge on any atom is 0.412 e. The van der Waals surface area contributed by atoms with Crippen LogP contribution in [0.25, 0.3) is 10.9 Å². The molecule has 1 atom stereocenters. The summed E-state index contributed by atoms with van der Waals surface area (Å²) in [6.07, 6.45) is 4.47. The van der Waals surface area contributed by atoms with Crippen molar-refractivity contribution in [1.82, 2.24) is 14.9 Å². The van der Waals surface area contributed by atoms with E-state index in [9.17, 15) is 14.4 Å². The Labute approximate surface area is 262 Å². The number of rotatable bonds is 9. The number of nitrogens with zero attached hydrogens (tertiary/aromatic N) is 4. The van der Waals surface area contributed by atoms with Gasteiger partial charge in [0.15, 0.2) is 0 Å². The van der Waals surface area contributed by atoms with E-state index in [0.29, 0.717) is 49.1 Å². The summed E-state index contributed by atoms with van der Waals surface area (Å²) in [4.78, 5) is 52.3. The molecular formula is C34H39N5O6. The van der Waals surface area contributed by atoms with E-state index in [1.165, 1.54) is 0 Å². The number of amides is 2. The summed E-state index contributed by atoms with van der Waals surface area (Å²) < 4.78 is 17.7. The second kappa shape index (κ2) is 13.1. The lowest BCUT2D eigenvalue weighted by Gasteiger charge is -2.39. The maximum atomic E-state index is 14.3. The fourth-order valence-corrected chi connectivity index (χ4v) is 5.47. The second-order valence-electron chi connectivity index (χ2n) is 12.2. The van der Waals surface area contributed by atoms with Gasteiger partial charge in [0.05, 0.1) is 17.5 Å². The minimum atomic E-state index is -1.44. The molecule has 0 radical (unpaired) electrons. The number of hydrogen-bond donors (Lipinski definition) is 1. The van der Waals surface area contributed by atoms with Crippen LogP contribution in [0.2, 0.25) is 0 Å². The van der Waals surface area contributed by atoms with Crippen molar-refractivity contribution >= 4 is 34.6 Å². The zero-order valence-electron chi connectivity index (χ0n) is 26.3. The highest BCUT2D eigenvalue weighted by Gasteiger charge is 2.52. The molecule has 1 fully saturated rings. The Morgan fingerprint density at radius 3 is 2.51 bits per heavy atom. The third-order valence-electron chi connectivity index (χ3n) is 7.73. The van der Waals surface area contributed by atoms with E-state index in [2.05, 4.69) is 10.3 Å². The van der Waals surface area contributed by atoms with Gasteiger partial charge in [-0.1, -0.05) is 30.3 Å². The molecule has 11 heteroatoms. The summed E-state index contributed by atoms with van der Waals surface area (Å²) in [5, 5.41) is 2.92. The molecule has 1 saturated heterocycles. The van der Waals surface area contributed by atoms with Crippen molar-refractivity contribution < 1.29 is 23.5 Å². The number of ether oxygens (including phenoxy) is 2. The molecule has 2 amide bonds. The number of hydrogen-bond acceptors (Lipinski definition) is 9. The fraction of sp³-hybridized carbons (Fsp3) is 0.382. The molecule has 11 nitrogen and oxygen atoms in total. The first-order valence-corrected chi connectivity index (χ1v) is 15.0. The second-order valence-corrected chi connectivity index (χ2v) is 12.2. The van der Waals surface area contributed by atoms with Crippen LogP contribution in [0.15, 0.2) is 76.2 Å². The average Bonchev–Trinajstić information content (AvgIpc) is 3.45. The third-order valence-corrected chi connectivity index (χ3v) is 7.73. The van der Waals surface area contributed by atoms with E-state index in [1.807, 2.05) is 42.5 Å². The number of benzene rings is 2. The number of aromatic nitrogens is 2. The lowest BCUT2D eigenvalue weighted by atomic mass is 10.1. The quantitative estimate of drug-likeness (QED) is 0.262. The summed E-state index contributed by atoms with van der Waals surface area (Å²) >= 11 is 0. The van der Waals surface area contributed by atoms with E-state index >= 15 is 0 Å². The number of anilines is 2. The molecule has 236 valence electrons. The SMILES string of the molecule is Cc1c(NC(=O)OC(C)(C)C)ccc2nc(N3CCCC3(OCc3ccccc3)C(=O)N(C)CCc3ccncc3)oc(=O)c12. The van der Waals surface area contributed by atoms with Crippen LogP contribution in [0.4, 0.5) is 16.5 Å². The van der Waals surface area contributed by atoms with Gasteiger partial charge in [-0.2, -0.15) is 4.98 Å². The molecule has 4 aromatic rings. The predicted octanol–water partition coefficient (Wildman–Crippen LogP) is 5.45. The van der Waals surface area contributed by atoms with Crippen LogP contribution in [-0.4, -0.2) is 58.3 Å². The Hall–Kier alpha value is -4.77. The number of pyridine rings is 1. The highest BCUT2D eigenvalue weighted by Crippen LogP contribution is 2.37. The largest absolute Gasteiger partial charge is 0.444 e. The Balaban J connectivity index is 1.47. The number of carbonyl (C=O) groups is 2. The Bertz CT molecular complexity index is 1720. The molecule has 45 heavy (non-hydrogen) atoms. The molecule has 1 N–H and O–H groups in total. The molecule has 0 bridgehead atoms. The minimum absolute atomic E-state index is 0.00111. The molecule has 0 spiro atoms. The van der Waals surface area contributed by atoms with Crippen LogP contribution in [0, 0.1) is 6.92 Å². The molecule has 1 aliphatic heterocycles. The smallest absolute Gasteiger partial charge is 0.412 e. The monoisotopic (exact) mass is 613 g/mol. The van der Waals surface area contributed by atoms with Crippen LogP contribution in [0.1, 0.15) is 50.3 Å². The van der Waals surface area contributed by atoms with Gasteiger partial charge in [0.1, 0.15) is 5.60 Å². The molecule has 5 rings (SSSR count). The van der Waals surface area contributed by atoms with Crippen LogP contribution >= 0.6 is 0 Å². The van der Waals surface area contributed by atoms with Gasteiger partial charge in [-0.15, -0.1) is 0 Å². The van der Waals surface area contributed by atoms with E-state index in [4.69, 9.17) is 18.9 Å². The van der Waals surface area contributed by atoms with Gasteiger partial charge < -0.3 is 18.8 Å². The number of fused-ring (bicyclic) bond motifs is 1. The number of nitrogens with one attached hydrogen (secondary N) is 1. The molecule has 2 aromatic carbocycles. The molecule has 1 aliphatic rings. The Kier molecular flexibility index (Phi) is 9.19. The molecule has 0 saturated carbocycles. The van der Waals surface area contributed by atoms with Gasteiger partial charge in [-0.25, -0.2) is 9.59 Å². The van der Waals surface area contributed by atoms with Crippen molar-refractivity contribution in [2.45, 2.75) is 64.9 Å². The van der Waals surface area contributed by atoms with Gasteiger partial charge in [0.25, 0.3) is 5.91 Å². The van der Waals surface area contributed by atoms with Crippen LogP contribution in [-0.2, 0) is 27.3 Å². The van der Waals surface area contributed by atoms with Crippen molar-refractivity contribution in [2.24, 2.45) is 0 Å². The lowest BCUT2D eigenvalue weighted by molar-refractivity contribution is -0.158. The number of aryl methyl sites for hydroxylation is 1. The van der Waals surface area contributed by atoms with Crippen LogP contribution in [0.3, 0.4) is 0 Å². The number of likely N-dealkylation sites (N-methyl/N-ethyl adjacent to an activating group) is 1. The normalized spacial score (nSPS) is 16.5. The molecule has 1 unspecified atom stereocenters. The molecule has 3 heterocycles. The standard InChI is InChI=1S/C34H39N5O6/c1-23-26(37-32(42)45-33(2,3)4)12-13-27-28(23)29(40)44-31(36-27)39-20-9-17-34(39,43-22-25-10-7-6-8-11-25)30(41)38(5)21-16-24-14-18-35-19-15-24/h6-8,10-15,18-19H,9,16-17,20-22H2,1-5H3,(H,37,42). The van der Waals surface area contributed by atoms with Gasteiger partial charge >= 0.3 is 17.7 Å². The fourth-order valence-electron chi connectivity index (χ4n) is 5.47. The highest BCUT2D eigenvalue weighted by atomic mass is 16.6. The Morgan fingerprint density at radius 1 is 1.07 bits per heavy atom. The third kappa shape index (κ3) is 7.15. The number of carbonyl (C=O) groups excluding carboxylic acids is 2. The lowest BCUT2D eigenvalue weighted by Crippen LogP contribution is -2.58. The minimum Gasteiger partial charge on any atom is -0.444 e. The van der Waals surface area contributed by atoms with Crippen LogP contribution < -0.4 is 15.8 Å². The zero-order chi connectivity index (χ0) is 32.2. The molecule has 0 aliphatic carbocycles. The molecular weight excluding hydrogens is 574 g/mol. The Morgan fingerprint density at radius 2 is 1.80 bits per heavy atom. The topological polar surface area (TPSA) is 127 Å². The van der Waals surface area contributed by atoms with E-state index in [1.54, 1.807) is 69.1 Å². The summed E-state index contributed by atoms with van der Waals surface area (Å²) in [5.74, 6) is -0.248. The van der Waals surface area contributed by atoms with Gasteiger partial charge in [-0.3, -0.25) is 20.0 Å². The van der Waals surface area contributed by atoms with Crippen molar-refractivity contribution in [3.63, 3.8) is 0 Å². The van der Waals surface area contributed by atoms with Crippen molar-refractivity contribution in [3.05, 3.63) is 94.1 Å². The van der Waals surface area contributed by atoms with Crippen molar-refractivity contribution in [1.29, 1.82) is 0 Å². The average molecular weight is 614 g/mol. The van der Waals surface area contributed by atoms with E-state index < -0.39 is 23.0 Å². The first-order chi connectivity index (χ1) is 21.5. The first-order valence-electron chi connectivity index (χ1n) is 15.0. The summed E-state index contributed by atoms with van der Waals surface area (Å²) in [6.45, 7) is 8.05. The summed E-state index contributed by atoms with van der Waals surface area (Å²) in [5.41, 5.74) is 0.484. The first kappa shape index (κ1) is 31.6.